The number of carbonyl (C=O) groups is 3. The summed E-state index contributed by atoms with van der Waals surface area (Å²) >= 11 is 6.20. The van der Waals surface area contributed by atoms with Crippen molar-refractivity contribution in [3.8, 4) is 5.75 Å². The average molecular weight is 442 g/mol. The van der Waals surface area contributed by atoms with E-state index in [9.17, 15) is 14.4 Å². The zero-order chi connectivity index (χ0) is 22.5. The first-order chi connectivity index (χ1) is 14.7. The van der Waals surface area contributed by atoms with E-state index in [-0.39, 0.29) is 30.7 Å². The van der Waals surface area contributed by atoms with Crippen LogP contribution in [0.25, 0.3) is 0 Å². The summed E-state index contributed by atoms with van der Waals surface area (Å²) in [6, 6.07) is 9.95. The molecule has 0 saturated carbocycles. The Morgan fingerprint density at radius 3 is 2.61 bits per heavy atom. The molecule has 0 bridgehead atoms. The van der Waals surface area contributed by atoms with Crippen LogP contribution in [0.2, 0.25) is 5.02 Å². The molecule has 4 rings (SSSR count). The number of carbonyl (C=O) groups excluding carboxylic acids is 3. The van der Waals surface area contributed by atoms with Crippen LogP contribution < -0.4 is 15.0 Å². The molecule has 1 atom stereocenters. The van der Waals surface area contributed by atoms with Gasteiger partial charge in [-0.05, 0) is 44.5 Å². The summed E-state index contributed by atoms with van der Waals surface area (Å²) in [6.07, 6.45) is 0.361. The lowest BCUT2D eigenvalue weighted by Gasteiger charge is -2.50. The van der Waals surface area contributed by atoms with Crippen molar-refractivity contribution in [1.29, 1.82) is 0 Å². The molecule has 8 heteroatoms. The summed E-state index contributed by atoms with van der Waals surface area (Å²) in [7, 11) is 1.49. The van der Waals surface area contributed by atoms with E-state index in [1.807, 2.05) is 20.8 Å². The number of nitrogens with one attached hydrogen (secondary N) is 1. The van der Waals surface area contributed by atoms with Crippen molar-refractivity contribution >= 4 is 40.7 Å². The van der Waals surface area contributed by atoms with Crippen LogP contribution in [0.1, 0.15) is 42.6 Å². The molecule has 0 aliphatic carbocycles. The Kier molecular flexibility index (Phi) is 5.17. The highest BCUT2D eigenvalue weighted by Gasteiger charge is 2.61. The number of hydrogen-bond acceptors (Lipinski definition) is 4. The summed E-state index contributed by atoms with van der Waals surface area (Å²) in [5, 5.41) is 3.42. The van der Waals surface area contributed by atoms with E-state index in [1.54, 1.807) is 36.4 Å². The number of halogens is 1. The minimum absolute atomic E-state index is 0.162. The lowest BCUT2D eigenvalue weighted by Crippen LogP contribution is -2.70. The van der Waals surface area contributed by atoms with Crippen molar-refractivity contribution in [3.05, 3.63) is 52.5 Å². The number of anilines is 2. The van der Waals surface area contributed by atoms with Crippen LogP contribution in [-0.4, -0.2) is 41.4 Å². The average Bonchev–Trinajstić information content (AvgIpc) is 3.08. The molecular weight excluding hydrogens is 418 g/mol. The fourth-order valence-corrected chi connectivity index (χ4v) is 4.71. The molecule has 0 spiro atoms. The number of benzene rings is 2. The van der Waals surface area contributed by atoms with Crippen LogP contribution in [0.15, 0.2) is 36.4 Å². The maximum Gasteiger partial charge on any atom is 0.271 e. The number of amides is 3. The zero-order valence-electron chi connectivity index (χ0n) is 17.9. The third kappa shape index (κ3) is 3.07. The standard InChI is InChI=1S/C23H24ClN3O4/c1-13(2)26-21(29)15-7-5-6-8-18(15)27-20(28)9-10-23(26,27)22(30)25-17-11-14(3)16(24)12-19(17)31-4/h5-8,11-13H,9-10H2,1-4H3,(H,25,30)/t23-/m1/s1. The second kappa shape index (κ2) is 7.57. The number of methoxy groups -OCH3 is 1. The molecule has 2 heterocycles. The van der Waals surface area contributed by atoms with Gasteiger partial charge in [-0.3, -0.25) is 19.3 Å². The number of fused-ring (bicyclic) bond motifs is 3. The Balaban J connectivity index is 1.87. The predicted octanol–water partition coefficient (Wildman–Crippen LogP) is 3.98. The van der Waals surface area contributed by atoms with E-state index >= 15 is 0 Å². The fourth-order valence-electron chi connectivity index (χ4n) is 4.56. The van der Waals surface area contributed by atoms with Crippen molar-refractivity contribution in [2.45, 2.75) is 45.3 Å². The van der Waals surface area contributed by atoms with Crippen molar-refractivity contribution < 1.29 is 19.1 Å². The van der Waals surface area contributed by atoms with Gasteiger partial charge in [-0.2, -0.15) is 0 Å². The zero-order valence-corrected chi connectivity index (χ0v) is 18.6. The number of ether oxygens (including phenoxy) is 1. The van der Waals surface area contributed by atoms with Crippen LogP contribution in [0.5, 0.6) is 5.75 Å². The first-order valence-corrected chi connectivity index (χ1v) is 10.5. The van der Waals surface area contributed by atoms with Crippen LogP contribution >= 0.6 is 11.6 Å². The van der Waals surface area contributed by atoms with Crippen molar-refractivity contribution in [3.63, 3.8) is 0 Å². The van der Waals surface area contributed by atoms with Gasteiger partial charge in [0.25, 0.3) is 11.8 Å². The highest BCUT2D eigenvalue weighted by atomic mass is 35.5. The van der Waals surface area contributed by atoms with Crippen molar-refractivity contribution in [2.75, 3.05) is 17.3 Å². The second-order valence-corrected chi connectivity index (χ2v) is 8.49. The van der Waals surface area contributed by atoms with E-state index in [4.69, 9.17) is 16.3 Å². The monoisotopic (exact) mass is 441 g/mol. The topological polar surface area (TPSA) is 79.0 Å². The molecule has 162 valence electrons. The molecule has 0 aromatic heterocycles. The number of rotatable bonds is 4. The lowest BCUT2D eigenvalue weighted by molar-refractivity contribution is -0.129. The maximum atomic E-state index is 13.9. The molecule has 7 nitrogen and oxygen atoms in total. The lowest BCUT2D eigenvalue weighted by atomic mass is 9.93. The molecule has 0 unspecified atom stereocenters. The Hall–Kier alpha value is -3.06. The van der Waals surface area contributed by atoms with E-state index < -0.39 is 11.6 Å². The predicted molar refractivity (Wildman–Crippen MR) is 119 cm³/mol. The number of aryl methyl sites for hydroxylation is 1. The largest absolute Gasteiger partial charge is 0.495 e. The van der Waals surface area contributed by atoms with E-state index in [1.165, 1.54) is 16.9 Å². The van der Waals surface area contributed by atoms with Crippen LogP contribution in [0.3, 0.4) is 0 Å². The van der Waals surface area contributed by atoms with Gasteiger partial charge in [0, 0.05) is 30.0 Å². The Morgan fingerprint density at radius 1 is 1.23 bits per heavy atom. The Morgan fingerprint density at radius 2 is 1.94 bits per heavy atom. The Bertz CT molecular complexity index is 1100. The second-order valence-electron chi connectivity index (χ2n) is 8.09. The summed E-state index contributed by atoms with van der Waals surface area (Å²) in [5.74, 6) is -0.532. The smallest absolute Gasteiger partial charge is 0.271 e. The molecule has 31 heavy (non-hydrogen) atoms. The fraction of sp³-hybridized carbons (Fsp3) is 0.348. The first kappa shape index (κ1) is 21.2. The van der Waals surface area contributed by atoms with Gasteiger partial charge in [-0.15, -0.1) is 0 Å². The molecular formula is C23H24ClN3O4. The number of para-hydroxylation sites is 1. The number of nitrogens with zero attached hydrogens (tertiary/aromatic N) is 2. The minimum Gasteiger partial charge on any atom is -0.495 e. The highest BCUT2D eigenvalue weighted by molar-refractivity contribution is 6.31. The van der Waals surface area contributed by atoms with Gasteiger partial charge in [0.05, 0.1) is 24.0 Å². The van der Waals surface area contributed by atoms with Crippen molar-refractivity contribution in [2.24, 2.45) is 0 Å². The molecule has 2 aliphatic rings. The minimum atomic E-state index is -1.46. The molecule has 3 amide bonds. The molecule has 0 radical (unpaired) electrons. The molecule has 1 N–H and O–H groups in total. The van der Waals surface area contributed by atoms with Gasteiger partial charge in [0.15, 0.2) is 0 Å². The number of hydrogen-bond donors (Lipinski definition) is 1. The Labute approximate surface area is 185 Å². The van der Waals surface area contributed by atoms with Crippen LogP contribution in [-0.2, 0) is 9.59 Å². The third-order valence-electron chi connectivity index (χ3n) is 5.91. The molecule has 1 saturated heterocycles. The summed E-state index contributed by atoms with van der Waals surface area (Å²) in [6.45, 7) is 5.51. The van der Waals surface area contributed by atoms with E-state index in [0.717, 1.165) is 5.56 Å². The van der Waals surface area contributed by atoms with Crippen LogP contribution in [0.4, 0.5) is 11.4 Å². The van der Waals surface area contributed by atoms with Gasteiger partial charge in [0.2, 0.25) is 11.6 Å². The summed E-state index contributed by atoms with van der Waals surface area (Å²) < 4.78 is 5.39. The van der Waals surface area contributed by atoms with Gasteiger partial charge in [-0.25, -0.2) is 0 Å². The molecule has 2 aliphatic heterocycles. The molecule has 1 fully saturated rings. The first-order valence-electron chi connectivity index (χ1n) is 10.1. The summed E-state index contributed by atoms with van der Waals surface area (Å²) in [5.41, 5.74) is 0.601. The third-order valence-corrected chi connectivity index (χ3v) is 6.32. The quantitative estimate of drug-likeness (QED) is 0.778. The van der Waals surface area contributed by atoms with Crippen LogP contribution in [0, 0.1) is 6.92 Å². The summed E-state index contributed by atoms with van der Waals surface area (Å²) in [4.78, 5) is 43.3. The van der Waals surface area contributed by atoms with E-state index in [2.05, 4.69) is 5.32 Å². The highest BCUT2D eigenvalue weighted by Crippen LogP contribution is 2.46. The van der Waals surface area contributed by atoms with E-state index in [0.29, 0.717) is 27.7 Å². The van der Waals surface area contributed by atoms with Gasteiger partial charge >= 0.3 is 0 Å². The SMILES string of the molecule is COc1cc(Cl)c(C)cc1NC(=O)[C@@]12CCC(=O)N1c1ccccc1C(=O)N2C(C)C. The molecule has 2 aromatic rings. The van der Waals surface area contributed by atoms with Gasteiger partial charge in [-0.1, -0.05) is 23.7 Å². The molecule has 2 aromatic carbocycles. The van der Waals surface area contributed by atoms with Gasteiger partial charge in [0.1, 0.15) is 5.75 Å². The van der Waals surface area contributed by atoms with Gasteiger partial charge < -0.3 is 15.0 Å². The van der Waals surface area contributed by atoms with Crippen molar-refractivity contribution in [1.82, 2.24) is 4.90 Å². The normalized spacial score (nSPS) is 20.1. The maximum absolute atomic E-state index is 13.9.